The second kappa shape index (κ2) is 11.1. The normalized spacial score (nSPS) is 17.7. The fraction of sp³-hybridized carbons (Fsp3) is 0.321. The molecule has 1 amide bonds. The average molecular weight is 549 g/mol. The zero-order chi connectivity index (χ0) is 26.8. The number of hydrogen-bond acceptors (Lipinski definition) is 7. The minimum atomic E-state index is -1.01. The highest BCUT2D eigenvalue weighted by Crippen LogP contribution is 2.34. The molecule has 10 heteroatoms. The van der Waals surface area contributed by atoms with Crippen LogP contribution in [0.3, 0.4) is 0 Å². The zero-order valence-electron chi connectivity index (χ0n) is 21.0. The number of aromatic nitrogens is 2. The quantitative estimate of drug-likeness (QED) is 0.348. The molecule has 1 aromatic carbocycles. The number of aliphatic carboxylic acids is 1. The lowest BCUT2D eigenvalue weighted by molar-refractivity contribution is -0.137. The summed E-state index contributed by atoms with van der Waals surface area (Å²) in [5.74, 6) is -0.278. The van der Waals surface area contributed by atoms with E-state index in [0.29, 0.717) is 27.9 Å². The molecule has 196 valence electrons. The van der Waals surface area contributed by atoms with Crippen LogP contribution in [-0.4, -0.2) is 55.2 Å². The number of thiocarbonyl (C=S) groups is 1. The first-order valence-corrected chi connectivity index (χ1v) is 13.8. The molecule has 1 N–H and O–H groups in total. The van der Waals surface area contributed by atoms with Gasteiger partial charge in [0.1, 0.15) is 15.8 Å². The summed E-state index contributed by atoms with van der Waals surface area (Å²) < 4.78 is 1.80. The smallest absolute Gasteiger partial charge is 0.305 e. The summed E-state index contributed by atoms with van der Waals surface area (Å²) in [5.41, 5.74) is 2.89. The number of amides is 1. The van der Waals surface area contributed by atoms with Crippen LogP contribution in [0.4, 0.5) is 5.82 Å². The van der Waals surface area contributed by atoms with Crippen LogP contribution in [0.2, 0.25) is 0 Å². The number of hydrogen-bond donors (Lipinski definition) is 1. The van der Waals surface area contributed by atoms with E-state index in [2.05, 4.69) is 29.2 Å². The Morgan fingerprint density at radius 1 is 1.16 bits per heavy atom. The van der Waals surface area contributed by atoms with Crippen LogP contribution < -0.4 is 10.5 Å². The molecular weight excluding hydrogens is 520 g/mol. The van der Waals surface area contributed by atoms with Gasteiger partial charge < -0.3 is 10.0 Å². The third-order valence-electron chi connectivity index (χ3n) is 7.04. The maximum atomic E-state index is 13.7. The summed E-state index contributed by atoms with van der Waals surface area (Å²) in [4.78, 5) is 46.5. The Hall–Kier alpha value is -3.50. The summed E-state index contributed by atoms with van der Waals surface area (Å²) in [6.07, 6.45) is 6.02. The van der Waals surface area contributed by atoms with Crippen LogP contribution in [0.1, 0.15) is 36.0 Å². The van der Waals surface area contributed by atoms with Crippen LogP contribution in [0.15, 0.2) is 58.4 Å². The van der Waals surface area contributed by atoms with Crippen molar-refractivity contribution in [2.45, 2.75) is 32.6 Å². The second-order valence-electron chi connectivity index (χ2n) is 9.64. The molecule has 2 aliphatic rings. The molecule has 2 saturated heterocycles. The van der Waals surface area contributed by atoms with E-state index in [1.165, 1.54) is 14.9 Å². The van der Waals surface area contributed by atoms with E-state index in [1.807, 2.05) is 19.1 Å². The third-order valence-corrected chi connectivity index (χ3v) is 8.42. The summed E-state index contributed by atoms with van der Waals surface area (Å²) in [5, 5.41) is 9.03. The number of rotatable bonds is 7. The monoisotopic (exact) mass is 548 g/mol. The number of carbonyl (C=O) groups excluding carboxylic acids is 1. The van der Waals surface area contributed by atoms with E-state index in [0.717, 1.165) is 49.7 Å². The first kappa shape index (κ1) is 26.1. The highest BCUT2D eigenvalue weighted by molar-refractivity contribution is 8.26. The van der Waals surface area contributed by atoms with Gasteiger partial charge >= 0.3 is 5.97 Å². The van der Waals surface area contributed by atoms with Crippen molar-refractivity contribution in [2.24, 2.45) is 5.92 Å². The fourth-order valence-electron chi connectivity index (χ4n) is 5.00. The summed E-state index contributed by atoms with van der Waals surface area (Å²) in [7, 11) is 0. The Kier molecular flexibility index (Phi) is 7.62. The average Bonchev–Trinajstić information content (AvgIpc) is 3.17. The number of carbonyl (C=O) groups is 2. The van der Waals surface area contributed by atoms with Gasteiger partial charge in [0.2, 0.25) is 0 Å². The predicted molar refractivity (Wildman–Crippen MR) is 153 cm³/mol. The van der Waals surface area contributed by atoms with Crippen LogP contribution in [0.5, 0.6) is 0 Å². The van der Waals surface area contributed by atoms with Gasteiger partial charge in [0.25, 0.3) is 11.5 Å². The largest absolute Gasteiger partial charge is 0.481 e. The van der Waals surface area contributed by atoms with Gasteiger partial charge in [-0.1, -0.05) is 60.4 Å². The van der Waals surface area contributed by atoms with Gasteiger partial charge in [-0.2, -0.15) is 0 Å². The molecule has 2 fully saturated rings. The van der Waals surface area contributed by atoms with Gasteiger partial charge in [0.05, 0.1) is 16.9 Å². The molecular formula is C28H28N4O4S2. The van der Waals surface area contributed by atoms with Crippen LogP contribution in [-0.2, 0) is 16.0 Å². The Balaban J connectivity index is 1.48. The van der Waals surface area contributed by atoms with Crippen molar-refractivity contribution in [1.29, 1.82) is 0 Å². The lowest BCUT2D eigenvalue weighted by Gasteiger charge is -2.33. The molecule has 0 aliphatic carbocycles. The standard InChI is InChI=1S/C28H28N4O4S2/c1-18-6-5-12-31-24(18)29-25(30-13-9-20(10-14-30)16-19-7-3-2-4-8-19)21(26(31)35)17-22-27(36)32(28(37)38-22)15-11-23(33)34/h2-8,12,17,20H,9-11,13-16H2,1H3,(H,33,34)/b22-17+. The molecule has 0 saturated carbocycles. The van der Waals surface area contributed by atoms with E-state index >= 15 is 0 Å². The minimum Gasteiger partial charge on any atom is -0.481 e. The van der Waals surface area contributed by atoms with Crippen molar-refractivity contribution in [1.82, 2.24) is 14.3 Å². The van der Waals surface area contributed by atoms with Crippen molar-refractivity contribution in [2.75, 3.05) is 24.5 Å². The third kappa shape index (κ3) is 5.37. The molecule has 3 aromatic rings. The van der Waals surface area contributed by atoms with Crippen molar-refractivity contribution < 1.29 is 14.7 Å². The molecule has 4 heterocycles. The highest BCUT2D eigenvalue weighted by atomic mass is 32.2. The van der Waals surface area contributed by atoms with E-state index in [1.54, 1.807) is 18.3 Å². The summed E-state index contributed by atoms with van der Waals surface area (Å²) >= 11 is 6.42. The number of fused-ring (bicyclic) bond motifs is 1. The van der Waals surface area contributed by atoms with Gasteiger partial charge in [0.15, 0.2) is 0 Å². The number of benzene rings is 1. The molecule has 0 spiro atoms. The van der Waals surface area contributed by atoms with Gasteiger partial charge in [-0.05, 0) is 55.4 Å². The molecule has 0 radical (unpaired) electrons. The first-order chi connectivity index (χ1) is 18.3. The Morgan fingerprint density at radius 2 is 1.89 bits per heavy atom. The molecule has 38 heavy (non-hydrogen) atoms. The Morgan fingerprint density at radius 3 is 2.61 bits per heavy atom. The van der Waals surface area contributed by atoms with E-state index in [4.69, 9.17) is 22.3 Å². The molecule has 8 nitrogen and oxygen atoms in total. The number of nitrogens with zero attached hydrogens (tertiary/aromatic N) is 4. The Bertz CT molecular complexity index is 1490. The minimum absolute atomic E-state index is 0.00667. The molecule has 2 aliphatic heterocycles. The SMILES string of the molecule is Cc1cccn2c(=O)c(/C=C3/SC(=S)N(CCC(=O)O)C3=O)c(N3CCC(Cc4ccccc4)CC3)nc12. The Labute approximate surface area is 230 Å². The lowest BCUT2D eigenvalue weighted by Crippen LogP contribution is -2.37. The van der Waals surface area contributed by atoms with Gasteiger partial charge in [-0.3, -0.25) is 23.7 Å². The van der Waals surface area contributed by atoms with Gasteiger partial charge in [0, 0.05) is 25.8 Å². The number of pyridine rings is 1. The molecule has 5 rings (SSSR count). The second-order valence-corrected chi connectivity index (χ2v) is 11.3. The number of carboxylic acids is 1. The van der Waals surface area contributed by atoms with E-state index in [9.17, 15) is 14.4 Å². The maximum absolute atomic E-state index is 13.7. The summed E-state index contributed by atoms with van der Waals surface area (Å²) in [6.45, 7) is 3.43. The molecule has 0 unspecified atom stereocenters. The fourth-order valence-corrected chi connectivity index (χ4v) is 6.29. The van der Waals surface area contributed by atoms with Crippen LogP contribution in [0.25, 0.3) is 11.7 Å². The van der Waals surface area contributed by atoms with E-state index < -0.39 is 5.97 Å². The van der Waals surface area contributed by atoms with Crippen LogP contribution >= 0.6 is 24.0 Å². The predicted octanol–water partition coefficient (Wildman–Crippen LogP) is 4.14. The number of anilines is 1. The number of carboxylic acid groups (broad SMARTS) is 1. The molecule has 0 bridgehead atoms. The van der Waals surface area contributed by atoms with Crippen molar-refractivity contribution in [3.63, 3.8) is 0 Å². The lowest BCUT2D eigenvalue weighted by atomic mass is 9.90. The van der Waals surface area contributed by atoms with E-state index in [-0.39, 0.29) is 28.8 Å². The number of piperidine rings is 1. The molecule has 2 aromatic heterocycles. The highest BCUT2D eigenvalue weighted by Gasteiger charge is 2.33. The van der Waals surface area contributed by atoms with Crippen molar-refractivity contribution in [3.8, 4) is 0 Å². The van der Waals surface area contributed by atoms with Crippen molar-refractivity contribution in [3.05, 3.63) is 80.6 Å². The van der Waals surface area contributed by atoms with Crippen LogP contribution in [0, 0.1) is 12.8 Å². The first-order valence-electron chi connectivity index (χ1n) is 12.6. The summed E-state index contributed by atoms with van der Waals surface area (Å²) in [6, 6.07) is 14.2. The van der Waals surface area contributed by atoms with Crippen molar-refractivity contribution >= 4 is 57.7 Å². The van der Waals surface area contributed by atoms with Gasteiger partial charge in [-0.25, -0.2) is 4.98 Å². The number of thioether (sulfide) groups is 1. The maximum Gasteiger partial charge on any atom is 0.305 e. The van der Waals surface area contributed by atoms with Gasteiger partial charge in [-0.15, -0.1) is 0 Å². The number of aryl methyl sites for hydroxylation is 1. The zero-order valence-corrected chi connectivity index (χ0v) is 22.6. The molecule has 0 atom stereocenters. The topological polar surface area (TPSA) is 95.2 Å².